The first-order valence-electron chi connectivity index (χ1n) is 7.02. The maximum Gasteiger partial charge on any atom is 0.308 e. The molecule has 0 aromatic heterocycles. The molecule has 0 aliphatic carbocycles. The second-order valence-corrected chi connectivity index (χ2v) is 6.43. The molecule has 3 rings (SSSR count). The average Bonchev–Trinajstić information content (AvgIpc) is 2.98. The summed E-state index contributed by atoms with van der Waals surface area (Å²) in [6.07, 6.45) is 2.95. The summed E-state index contributed by atoms with van der Waals surface area (Å²) in [4.78, 5) is 13.5. The van der Waals surface area contributed by atoms with E-state index in [9.17, 15) is 9.90 Å². The molecular weight excluding hydrogens is 322 g/mol. The molecular formula is C15H18BrNO3. The van der Waals surface area contributed by atoms with Crippen LogP contribution in [0, 0.1) is 5.92 Å². The molecule has 0 amide bonds. The zero-order chi connectivity index (χ0) is 14.1. The van der Waals surface area contributed by atoms with Crippen molar-refractivity contribution < 1.29 is 14.6 Å². The van der Waals surface area contributed by atoms with Gasteiger partial charge < -0.3 is 9.84 Å². The fourth-order valence-electron chi connectivity index (χ4n) is 3.51. The number of carboxylic acids is 1. The van der Waals surface area contributed by atoms with Crippen molar-refractivity contribution in [2.75, 3.05) is 13.2 Å². The summed E-state index contributed by atoms with van der Waals surface area (Å²) >= 11 is 3.39. The highest BCUT2D eigenvalue weighted by molar-refractivity contribution is 9.10. The van der Waals surface area contributed by atoms with Gasteiger partial charge in [-0.25, -0.2) is 0 Å². The fourth-order valence-corrected chi connectivity index (χ4v) is 3.78. The average molecular weight is 340 g/mol. The number of carbonyl (C=O) groups is 1. The molecule has 3 atom stereocenters. The number of nitrogens with zero attached hydrogens (tertiary/aromatic N) is 1. The predicted octanol–water partition coefficient (Wildman–Crippen LogP) is 2.77. The normalized spacial score (nSPS) is 28.8. The molecule has 108 valence electrons. The molecule has 2 aliphatic heterocycles. The first-order chi connectivity index (χ1) is 9.65. The summed E-state index contributed by atoms with van der Waals surface area (Å²) in [5.41, 5.74) is 0. The highest BCUT2D eigenvalue weighted by atomic mass is 79.9. The van der Waals surface area contributed by atoms with Crippen LogP contribution in [0.4, 0.5) is 0 Å². The zero-order valence-corrected chi connectivity index (χ0v) is 12.8. The molecule has 2 fully saturated rings. The number of carboxylic acid groups (broad SMARTS) is 1. The van der Waals surface area contributed by atoms with Crippen molar-refractivity contribution in [1.82, 2.24) is 4.90 Å². The van der Waals surface area contributed by atoms with Crippen LogP contribution in [0.1, 0.15) is 19.3 Å². The van der Waals surface area contributed by atoms with Crippen LogP contribution >= 0.6 is 15.9 Å². The fraction of sp³-hybridized carbons (Fsp3) is 0.533. The smallest absolute Gasteiger partial charge is 0.308 e. The van der Waals surface area contributed by atoms with Crippen molar-refractivity contribution in [2.24, 2.45) is 5.92 Å². The third-order valence-corrected chi connectivity index (χ3v) is 4.96. The lowest BCUT2D eigenvalue weighted by atomic mass is 9.89. The van der Waals surface area contributed by atoms with Gasteiger partial charge in [-0.1, -0.05) is 15.9 Å². The molecule has 20 heavy (non-hydrogen) atoms. The Balaban J connectivity index is 1.52. The van der Waals surface area contributed by atoms with Crippen LogP contribution < -0.4 is 4.74 Å². The number of fused-ring (bicyclic) bond motifs is 2. The SMILES string of the molecule is O=C(O)C1CC2CCC1N2CCOc1ccc(Br)cc1. The summed E-state index contributed by atoms with van der Waals surface area (Å²) in [7, 11) is 0. The Morgan fingerprint density at radius 3 is 2.75 bits per heavy atom. The van der Waals surface area contributed by atoms with Crippen molar-refractivity contribution in [2.45, 2.75) is 31.3 Å². The van der Waals surface area contributed by atoms with Gasteiger partial charge in [-0.05, 0) is 43.5 Å². The van der Waals surface area contributed by atoms with E-state index in [2.05, 4.69) is 20.8 Å². The molecule has 0 saturated carbocycles. The Bertz CT molecular complexity index is 490. The first kappa shape index (κ1) is 13.9. The van der Waals surface area contributed by atoms with E-state index >= 15 is 0 Å². The van der Waals surface area contributed by atoms with Crippen LogP contribution in [0.3, 0.4) is 0 Å². The number of hydrogen-bond donors (Lipinski definition) is 1. The van der Waals surface area contributed by atoms with E-state index in [4.69, 9.17) is 4.74 Å². The van der Waals surface area contributed by atoms with Crippen molar-refractivity contribution in [3.8, 4) is 5.75 Å². The molecule has 1 N–H and O–H groups in total. The third-order valence-electron chi connectivity index (χ3n) is 4.43. The number of rotatable bonds is 5. The molecule has 2 heterocycles. The van der Waals surface area contributed by atoms with Crippen LogP contribution in [0.5, 0.6) is 5.75 Å². The maximum atomic E-state index is 11.2. The summed E-state index contributed by atoms with van der Waals surface area (Å²) in [5, 5.41) is 9.22. The van der Waals surface area contributed by atoms with Gasteiger partial charge in [0.2, 0.25) is 0 Å². The van der Waals surface area contributed by atoms with Crippen LogP contribution in [0.2, 0.25) is 0 Å². The minimum atomic E-state index is -0.643. The highest BCUT2D eigenvalue weighted by Crippen LogP contribution is 2.41. The van der Waals surface area contributed by atoms with Gasteiger partial charge in [-0.2, -0.15) is 0 Å². The number of benzene rings is 1. The summed E-state index contributed by atoms with van der Waals surface area (Å²) in [5.74, 6) is 0.0342. The lowest BCUT2D eigenvalue weighted by molar-refractivity contribution is -0.142. The highest BCUT2D eigenvalue weighted by Gasteiger charge is 2.48. The van der Waals surface area contributed by atoms with E-state index in [1.807, 2.05) is 24.3 Å². The number of halogens is 1. The van der Waals surface area contributed by atoms with Crippen molar-refractivity contribution in [3.05, 3.63) is 28.7 Å². The van der Waals surface area contributed by atoms with E-state index in [0.29, 0.717) is 12.6 Å². The molecule has 1 aromatic carbocycles. The monoisotopic (exact) mass is 339 g/mol. The molecule has 0 radical (unpaired) electrons. The zero-order valence-electron chi connectivity index (χ0n) is 11.2. The minimum absolute atomic E-state index is 0.179. The third kappa shape index (κ3) is 2.69. The number of hydrogen-bond acceptors (Lipinski definition) is 3. The minimum Gasteiger partial charge on any atom is -0.492 e. The molecule has 2 aliphatic rings. The standard InChI is InChI=1S/C15H18BrNO3/c16-10-1-4-12(5-2-10)20-8-7-17-11-3-6-14(17)13(9-11)15(18)19/h1-2,4-5,11,13-14H,3,6-9H2,(H,18,19). The largest absolute Gasteiger partial charge is 0.492 e. The lowest BCUT2D eigenvalue weighted by Gasteiger charge is -2.22. The molecule has 4 nitrogen and oxygen atoms in total. The van der Waals surface area contributed by atoms with Gasteiger partial charge in [0.25, 0.3) is 0 Å². The van der Waals surface area contributed by atoms with Gasteiger partial charge >= 0.3 is 5.97 Å². The topological polar surface area (TPSA) is 49.8 Å². The molecule has 3 unspecified atom stereocenters. The lowest BCUT2D eigenvalue weighted by Crippen LogP contribution is -2.35. The molecule has 2 bridgehead atoms. The first-order valence-corrected chi connectivity index (χ1v) is 7.81. The quantitative estimate of drug-likeness (QED) is 0.896. The van der Waals surface area contributed by atoms with Gasteiger partial charge in [-0.15, -0.1) is 0 Å². The maximum absolute atomic E-state index is 11.2. The van der Waals surface area contributed by atoms with Crippen LogP contribution in [-0.4, -0.2) is 41.2 Å². The molecule has 0 spiro atoms. The second kappa shape index (κ2) is 5.74. The van der Waals surface area contributed by atoms with E-state index < -0.39 is 5.97 Å². The van der Waals surface area contributed by atoms with Crippen LogP contribution in [-0.2, 0) is 4.79 Å². The Morgan fingerprint density at radius 2 is 2.10 bits per heavy atom. The van der Waals surface area contributed by atoms with E-state index in [0.717, 1.165) is 36.0 Å². The van der Waals surface area contributed by atoms with Crippen LogP contribution in [0.25, 0.3) is 0 Å². The molecule has 1 aromatic rings. The van der Waals surface area contributed by atoms with E-state index in [1.165, 1.54) is 0 Å². The van der Waals surface area contributed by atoms with Crippen molar-refractivity contribution >= 4 is 21.9 Å². The van der Waals surface area contributed by atoms with Gasteiger partial charge in [0.15, 0.2) is 0 Å². The molecule has 2 saturated heterocycles. The van der Waals surface area contributed by atoms with Gasteiger partial charge in [-0.3, -0.25) is 9.69 Å². The number of ether oxygens (including phenoxy) is 1. The molecule has 5 heteroatoms. The van der Waals surface area contributed by atoms with E-state index in [1.54, 1.807) is 0 Å². The summed E-state index contributed by atoms with van der Waals surface area (Å²) in [6, 6.07) is 8.43. The van der Waals surface area contributed by atoms with Crippen LogP contribution in [0.15, 0.2) is 28.7 Å². The van der Waals surface area contributed by atoms with Crippen molar-refractivity contribution in [1.29, 1.82) is 0 Å². The Hall–Kier alpha value is -1.07. The second-order valence-electron chi connectivity index (χ2n) is 5.52. The van der Waals surface area contributed by atoms with Crippen molar-refractivity contribution in [3.63, 3.8) is 0 Å². The van der Waals surface area contributed by atoms with Gasteiger partial charge in [0.05, 0.1) is 5.92 Å². The van der Waals surface area contributed by atoms with Gasteiger partial charge in [0, 0.05) is 23.1 Å². The Kier molecular flexibility index (Phi) is 3.98. The number of aliphatic carboxylic acids is 1. The van der Waals surface area contributed by atoms with Gasteiger partial charge in [0.1, 0.15) is 12.4 Å². The summed E-state index contributed by atoms with van der Waals surface area (Å²) < 4.78 is 6.77. The Labute approximate surface area is 126 Å². The summed E-state index contributed by atoms with van der Waals surface area (Å²) in [6.45, 7) is 1.43. The predicted molar refractivity (Wildman–Crippen MR) is 78.9 cm³/mol. The van der Waals surface area contributed by atoms with E-state index in [-0.39, 0.29) is 12.0 Å². The Morgan fingerprint density at radius 1 is 1.35 bits per heavy atom.